The number of hydrogen-bond acceptors (Lipinski definition) is 3. The Hall–Kier alpha value is -2.56. The first-order chi connectivity index (χ1) is 9.04. The molecule has 19 heavy (non-hydrogen) atoms. The number of nitrogens with zero attached hydrogens (tertiary/aromatic N) is 2. The maximum Gasteiger partial charge on any atom is 0.248 e. The molecule has 0 spiro atoms. The van der Waals surface area contributed by atoms with Crippen LogP contribution in [0.15, 0.2) is 36.5 Å². The highest BCUT2D eigenvalue weighted by Gasteiger charge is 2.04. The van der Waals surface area contributed by atoms with Gasteiger partial charge in [0.2, 0.25) is 5.91 Å². The van der Waals surface area contributed by atoms with Crippen molar-refractivity contribution >= 4 is 23.4 Å². The normalized spacial score (nSPS) is 10.8. The number of nitrogens with one attached hydrogen (secondary N) is 1. The van der Waals surface area contributed by atoms with Crippen LogP contribution in [0, 0.1) is 6.92 Å². The first-order valence-corrected chi connectivity index (χ1v) is 5.89. The number of rotatable bonds is 3. The molecule has 0 aliphatic carbocycles. The Morgan fingerprint density at radius 3 is 2.89 bits per heavy atom. The van der Waals surface area contributed by atoms with E-state index in [1.54, 1.807) is 29.1 Å². The van der Waals surface area contributed by atoms with Crippen LogP contribution < -0.4 is 11.1 Å². The summed E-state index contributed by atoms with van der Waals surface area (Å²) in [5, 5.41) is 6.93. The highest BCUT2D eigenvalue weighted by molar-refractivity contribution is 6.02. The number of benzene rings is 1. The largest absolute Gasteiger partial charge is 0.399 e. The van der Waals surface area contributed by atoms with Gasteiger partial charge in [0.05, 0.1) is 11.4 Å². The van der Waals surface area contributed by atoms with Crippen molar-refractivity contribution in [3.63, 3.8) is 0 Å². The molecular formula is C14H16N4O. The predicted octanol–water partition coefficient (Wildman–Crippen LogP) is 1.96. The Morgan fingerprint density at radius 2 is 2.26 bits per heavy atom. The summed E-state index contributed by atoms with van der Waals surface area (Å²) < 4.78 is 1.66. The zero-order valence-corrected chi connectivity index (χ0v) is 10.9. The Bertz CT molecular complexity index is 628. The minimum absolute atomic E-state index is 0.196. The van der Waals surface area contributed by atoms with Crippen LogP contribution >= 0.6 is 0 Å². The smallest absolute Gasteiger partial charge is 0.248 e. The fraction of sp³-hybridized carbons (Fsp3) is 0.143. The third-order valence-electron chi connectivity index (χ3n) is 2.61. The van der Waals surface area contributed by atoms with Gasteiger partial charge in [-0.1, -0.05) is 12.1 Å². The van der Waals surface area contributed by atoms with Crippen molar-refractivity contribution in [1.29, 1.82) is 0 Å². The molecule has 1 heterocycles. The molecule has 5 nitrogen and oxygen atoms in total. The average molecular weight is 256 g/mol. The standard InChI is InChI=1S/C14H16N4O/c1-10-13(9-18(2)17-10)16-14(19)7-6-11-4-3-5-12(15)8-11/h3-9H,15H2,1-2H3,(H,16,19)/b7-6+. The van der Waals surface area contributed by atoms with Crippen LogP contribution in [-0.4, -0.2) is 15.7 Å². The second-order valence-electron chi connectivity index (χ2n) is 4.29. The summed E-state index contributed by atoms with van der Waals surface area (Å²) >= 11 is 0. The van der Waals surface area contributed by atoms with Crippen LogP contribution in [-0.2, 0) is 11.8 Å². The van der Waals surface area contributed by atoms with Gasteiger partial charge >= 0.3 is 0 Å². The van der Waals surface area contributed by atoms with E-state index in [2.05, 4.69) is 10.4 Å². The molecule has 98 valence electrons. The molecule has 0 atom stereocenters. The van der Waals surface area contributed by atoms with Gasteiger partial charge in [-0.2, -0.15) is 5.10 Å². The van der Waals surface area contributed by atoms with Crippen molar-refractivity contribution in [3.05, 3.63) is 47.8 Å². The van der Waals surface area contributed by atoms with Crippen molar-refractivity contribution in [2.75, 3.05) is 11.1 Å². The molecule has 0 saturated heterocycles. The lowest BCUT2D eigenvalue weighted by molar-refractivity contribution is -0.111. The molecule has 1 aromatic heterocycles. The number of anilines is 2. The fourth-order valence-electron chi connectivity index (χ4n) is 1.73. The number of amides is 1. The predicted molar refractivity (Wildman–Crippen MR) is 76.5 cm³/mol. The molecule has 1 aromatic carbocycles. The van der Waals surface area contributed by atoms with Crippen molar-refractivity contribution in [3.8, 4) is 0 Å². The van der Waals surface area contributed by atoms with E-state index >= 15 is 0 Å². The third-order valence-corrected chi connectivity index (χ3v) is 2.61. The number of aryl methyl sites for hydroxylation is 2. The number of carbonyl (C=O) groups excluding carboxylic acids is 1. The van der Waals surface area contributed by atoms with E-state index in [4.69, 9.17) is 5.73 Å². The molecule has 0 bridgehead atoms. The monoisotopic (exact) mass is 256 g/mol. The third kappa shape index (κ3) is 3.45. The van der Waals surface area contributed by atoms with Gasteiger partial charge in [0.25, 0.3) is 0 Å². The van der Waals surface area contributed by atoms with E-state index in [-0.39, 0.29) is 5.91 Å². The van der Waals surface area contributed by atoms with E-state index in [1.165, 1.54) is 6.08 Å². The minimum atomic E-state index is -0.196. The van der Waals surface area contributed by atoms with E-state index in [0.717, 1.165) is 11.3 Å². The lowest BCUT2D eigenvalue weighted by Crippen LogP contribution is -2.07. The first kappa shape index (κ1) is 12.9. The van der Waals surface area contributed by atoms with Gasteiger partial charge < -0.3 is 11.1 Å². The lowest BCUT2D eigenvalue weighted by atomic mass is 10.2. The summed E-state index contributed by atoms with van der Waals surface area (Å²) in [6.07, 6.45) is 4.96. The zero-order chi connectivity index (χ0) is 13.8. The van der Waals surface area contributed by atoms with E-state index in [0.29, 0.717) is 11.4 Å². The Morgan fingerprint density at radius 1 is 1.47 bits per heavy atom. The Labute approximate surface area is 111 Å². The van der Waals surface area contributed by atoms with Crippen LogP contribution in [0.4, 0.5) is 11.4 Å². The molecule has 0 aliphatic rings. The van der Waals surface area contributed by atoms with Crippen molar-refractivity contribution in [2.45, 2.75) is 6.92 Å². The number of hydrogen-bond donors (Lipinski definition) is 2. The van der Waals surface area contributed by atoms with Gasteiger partial charge in [-0.3, -0.25) is 9.48 Å². The van der Waals surface area contributed by atoms with Crippen LogP contribution in [0.3, 0.4) is 0 Å². The molecule has 0 radical (unpaired) electrons. The van der Waals surface area contributed by atoms with Gasteiger partial charge in [-0.25, -0.2) is 0 Å². The molecule has 1 amide bonds. The zero-order valence-electron chi connectivity index (χ0n) is 10.9. The van der Waals surface area contributed by atoms with Crippen molar-refractivity contribution in [2.24, 2.45) is 7.05 Å². The van der Waals surface area contributed by atoms with Crippen LogP contribution in [0.2, 0.25) is 0 Å². The van der Waals surface area contributed by atoms with Gasteiger partial charge in [-0.05, 0) is 30.7 Å². The molecule has 0 aliphatic heterocycles. The topological polar surface area (TPSA) is 72.9 Å². The van der Waals surface area contributed by atoms with Crippen LogP contribution in [0.1, 0.15) is 11.3 Å². The quantitative estimate of drug-likeness (QED) is 0.651. The number of carbonyl (C=O) groups is 1. The van der Waals surface area contributed by atoms with Gasteiger partial charge in [0.1, 0.15) is 0 Å². The van der Waals surface area contributed by atoms with E-state index < -0.39 is 0 Å². The van der Waals surface area contributed by atoms with Crippen LogP contribution in [0.25, 0.3) is 6.08 Å². The Kier molecular flexibility index (Phi) is 3.66. The molecule has 3 N–H and O–H groups in total. The summed E-state index contributed by atoms with van der Waals surface area (Å²) in [5.41, 5.74) is 8.72. The highest BCUT2D eigenvalue weighted by Crippen LogP contribution is 2.12. The maximum absolute atomic E-state index is 11.8. The minimum Gasteiger partial charge on any atom is -0.399 e. The molecular weight excluding hydrogens is 240 g/mol. The highest BCUT2D eigenvalue weighted by atomic mass is 16.1. The Balaban J connectivity index is 2.03. The maximum atomic E-state index is 11.8. The van der Waals surface area contributed by atoms with Gasteiger partial charge in [0.15, 0.2) is 0 Å². The van der Waals surface area contributed by atoms with Gasteiger partial charge in [0, 0.05) is 25.0 Å². The number of aromatic nitrogens is 2. The molecule has 5 heteroatoms. The second kappa shape index (κ2) is 5.39. The van der Waals surface area contributed by atoms with Crippen molar-refractivity contribution in [1.82, 2.24) is 9.78 Å². The number of nitrogens with two attached hydrogens (primary N) is 1. The molecule has 2 aromatic rings. The van der Waals surface area contributed by atoms with Gasteiger partial charge in [-0.15, -0.1) is 0 Å². The lowest BCUT2D eigenvalue weighted by Gasteiger charge is -1.99. The molecule has 0 fully saturated rings. The SMILES string of the molecule is Cc1nn(C)cc1NC(=O)/C=C/c1cccc(N)c1. The summed E-state index contributed by atoms with van der Waals surface area (Å²) in [6.45, 7) is 1.84. The summed E-state index contributed by atoms with van der Waals surface area (Å²) in [5.74, 6) is -0.196. The average Bonchev–Trinajstić information content (AvgIpc) is 2.65. The number of nitrogen functional groups attached to an aromatic ring is 1. The molecule has 2 rings (SSSR count). The second-order valence-corrected chi connectivity index (χ2v) is 4.29. The fourth-order valence-corrected chi connectivity index (χ4v) is 1.73. The summed E-state index contributed by atoms with van der Waals surface area (Å²) in [6, 6.07) is 7.34. The van der Waals surface area contributed by atoms with E-state index in [1.807, 2.05) is 26.1 Å². The van der Waals surface area contributed by atoms with Crippen LogP contribution in [0.5, 0.6) is 0 Å². The first-order valence-electron chi connectivity index (χ1n) is 5.89. The molecule has 0 unspecified atom stereocenters. The van der Waals surface area contributed by atoms with Crippen molar-refractivity contribution < 1.29 is 4.79 Å². The summed E-state index contributed by atoms with van der Waals surface area (Å²) in [7, 11) is 1.81. The summed E-state index contributed by atoms with van der Waals surface area (Å²) in [4.78, 5) is 11.8. The molecule has 0 saturated carbocycles. The van der Waals surface area contributed by atoms with E-state index in [9.17, 15) is 4.79 Å².